The molecule has 1 aromatic rings. The topological polar surface area (TPSA) is 116 Å². The number of hydrogen-bond donors (Lipinski definition) is 2. The zero-order chi connectivity index (χ0) is 13.7. The number of nitrogens with two attached hydrogens (primary N) is 1. The number of esters is 1. The maximum absolute atomic E-state index is 11.7. The summed E-state index contributed by atoms with van der Waals surface area (Å²) < 4.78 is 4.41. The quantitative estimate of drug-likeness (QED) is 0.452. The van der Waals surface area contributed by atoms with Crippen LogP contribution in [0.25, 0.3) is 0 Å². The summed E-state index contributed by atoms with van der Waals surface area (Å²) in [6.45, 7) is 1.54. The third kappa shape index (κ3) is 2.92. The molecule has 0 radical (unpaired) electrons. The molecule has 1 aromatic heterocycles. The van der Waals surface area contributed by atoms with Gasteiger partial charge in [-0.25, -0.2) is 4.79 Å². The molecule has 96 valence electrons. The molecule has 0 unspecified atom stereocenters. The number of anilines is 1. The summed E-state index contributed by atoms with van der Waals surface area (Å²) >= 11 is 0.988. The van der Waals surface area contributed by atoms with Gasteiger partial charge in [0.1, 0.15) is 0 Å². The minimum absolute atomic E-state index is 0.0145. The van der Waals surface area contributed by atoms with Crippen molar-refractivity contribution >= 4 is 40.4 Å². The molecule has 0 saturated carbocycles. The summed E-state index contributed by atoms with van der Waals surface area (Å²) in [6.07, 6.45) is 0.441. The molecular formula is C10H10N2O5S. The van der Waals surface area contributed by atoms with Gasteiger partial charge in [-0.1, -0.05) is 0 Å². The van der Waals surface area contributed by atoms with E-state index < -0.39 is 17.8 Å². The van der Waals surface area contributed by atoms with Crippen molar-refractivity contribution in [2.75, 3.05) is 12.3 Å². The van der Waals surface area contributed by atoms with E-state index in [2.05, 4.69) is 4.74 Å². The fraction of sp³-hybridized carbons (Fsp3) is 0.200. The summed E-state index contributed by atoms with van der Waals surface area (Å²) in [6, 6.07) is 0. The second-order valence-corrected chi connectivity index (χ2v) is 3.96. The van der Waals surface area contributed by atoms with Gasteiger partial charge < -0.3 is 10.5 Å². The Morgan fingerprint density at radius 1 is 1.50 bits per heavy atom. The lowest BCUT2D eigenvalue weighted by molar-refractivity contribution is -0.154. The summed E-state index contributed by atoms with van der Waals surface area (Å²) in [7, 11) is 0. The van der Waals surface area contributed by atoms with Crippen molar-refractivity contribution in [3.63, 3.8) is 0 Å². The SMILES string of the molecule is CCOC(=O)C(=O)NC(=O)c1c(C=O)csc1N. The smallest absolute Gasteiger partial charge is 0.397 e. The van der Waals surface area contributed by atoms with Gasteiger partial charge in [-0.3, -0.25) is 19.7 Å². The fourth-order valence-corrected chi connectivity index (χ4v) is 1.89. The highest BCUT2D eigenvalue weighted by molar-refractivity contribution is 7.14. The third-order valence-corrected chi connectivity index (χ3v) is 2.72. The summed E-state index contributed by atoms with van der Waals surface area (Å²) in [5, 5.41) is 3.27. The Labute approximate surface area is 106 Å². The maximum Gasteiger partial charge on any atom is 0.397 e. The monoisotopic (exact) mass is 270 g/mol. The first-order valence-corrected chi connectivity index (χ1v) is 5.73. The zero-order valence-corrected chi connectivity index (χ0v) is 10.2. The van der Waals surface area contributed by atoms with E-state index in [4.69, 9.17) is 5.73 Å². The Morgan fingerprint density at radius 3 is 2.72 bits per heavy atom. The van der Waals surface area contributed by atoms with Crippen molar-refractivity contribution in [3.8, 4) is 0 Å². The second kappa shape index (κ2) is 5.92. The lowest BCUT2D eigenvalue weighted by Gasteiger charge is -2.03. The van der Waals surface area contributed by atoms with Crippen LogP contribution in [0, 0.1) is 0 Å². The highest BCUT2D eigenvalue weighted by atomic mass is 32.1. The predicted molar refractivity (Wildman–Crippen MR) is 63.2 cm³/mol. The van der Waals surface area contributed by atoms with E-state index >= 15 is 0 Å². The average Bonchev–Trinajstić information content (AvgIpc) is 2.70. The highest BCUT2D eigenvalue weighted by Crippen LogP contribution is 2.23. The molecule has 0 saturated heterocycles. The number of nitrogens with one attached hydrogen (secondary N) is 1. The first kappa shape index (κ1) is 13.8. The number of imide groups is 1. The van der Waals surface area contributed by atoms with Gasteiger partial charge in [0, 0.05) is 10.9 Å². The lowest BCUT2D eigenvalue weighted by Crippen LogP contribution is -2.37. The molecule has 0 atom stereocenters. The Kier molecular flexibility index (Phi) is 4.55. The van der Waals surface area contributed by atoms with Crippen LogP contribution >= 0.6 is 11.3 Å². The van der Waals surface area contributed by atoms with Gasteiger partial charge in [0.25, 0.3) is 5.91 Å². The maximum atomic E-state index is 11.7. The van der Waals surface area contributed by atoms with Gasteiger partial charge in [-0.2, -0.15) is 0 Å². The van der Waals surface area contributed by atoms with Crippen molar-refractivity contribution in [1.82, 2.24) is 5.32 Å². The van der Waals surface area contributed by atoms with Crippen molar-refractivity contribution < 1.29 is 23.9 Å². The number of carbonyl (C=O) groups excluding carboxylic acids is 4. The summed E-state index contributed by atoms with van der Waals surface area (Å²) in [4.78, 5) is 44.5. The molecule has 18 heavy (non-hydrogen) atoms. The number of hydrogen-bond acceptors (Lipinski definition) is 7. The van der Waals surface area contributed by atoms with E-state index in [0.717, 1.165) is 11.3 Å². The molecule has 0 spiro atoms. The van der Waals surface area contributed by atoms with Crippen LogP contribution in [0.5, 0.6) is 0 Å². The number of rotatable bonds is 3. The van der Waals surface area contributed by atoms with Crippen molar-refractivity contribution in [2.45, 2.75) is 6.92 Å². The molecule has 1 rings (SSSR count). The lowest BCUT2D eigenvalue weighted by atomic mass is 10.2. The fourth-order valence-electron chi connectivity index (χ4n) is 1.13. The Bertz CT molecular complexity index is 508. The summed E-state index contributed by atoms with van der Waals surface area (Å²) in [5.41, 5.74) is 5.44. The zero-order valence-electron chi connectivity index (χ0n) is 9.39. The Hall–Kier alpha value is -2.22. The molecule has 8 heteroatoms. The molecule has 7 nitrogen and oxygen atoms in total. The van der Waals surface area contributed by atoms with Crippen LogP contribution in [0.4, 0.5) is 5.00 Å². The van der Waals surface area contributed by atoms with E-state index in [-0.39, 0.29) is 22.7 Å². The molecule has 3 N–H and O–H groups in total. The average molecular weight is 270 g/mol. The van der Waals surface area contributed by atoms with Crippen LogP contribution in [0.3, 0.4) is 0 Å². The van der Waals surface area contributed by atoms with E-state index in [1.165, 1.54) is 12.3 Å². The number of thiophene rings is 1. The molecular weight excluding hydrogens is 260 g/mol. The van der Waals surface area contributed by atoms with Gasteiger partial charge in [0.2, 0.25) is 0 Å². The highest BCUT2D eigenvalue weighted by Gasteiger charge is 2.23. The van der Waals surface area contributed by atoms with Crippen LogP contribution in [-0.2, 0) is 14.3 Å². The van der Waals surface area contributed by atoms with Crippen LogP contribution in [-0.4, -0.2) is 30.7 Å². The van der Waals surface area contributed by atoms with E-state index in [0.29, 0.717) is 6.29 Å². The molecule has 0 bridgehead atoms. The minimum Gasteiger partial charge on any atom is -0.459 e. The van der Waals surface area contributed by atoms with Gasteiger partial charge in [-0.15, -0.1) is 11.3 Å². The summed E-state index contributed by atoms with van der Waals surface area (Å²) in [5.74, 6) is -3.29. The predicted octanol–water partition coefficient (Wildman–Crippen LogP) is -0.0377. The normalized spacial score (nSPS) is 9.61. The van der Waals surface area contributed by atoms with Crippen LogP contribution in [0.15, 0.2) is 5.38 Å². The van der Waals surface area contributed by atoms with Gasteiger partial charge >= 0.3 is 11.9 Å². The number of ether oxygens (including phenoxy) is 1. The molecule has 0 aliphatic heterocycles. The second-order valence-electron chi connectivity index (χ2n) is 3.05. The molecule has 0 fully saturated rings. The molecule has 0 aliphatic rings. The van der Waals surface area contributed by atoms with Gasteiger partial charge in [0.15, 0.2) is 6.29 Å². The van der Waals surface area contributed by atoms with Crippen LogP contribution in [0.1, 0.15) is 27.6 Å². The first-order chi connectivity index (χ1) is 8.51. The van der Waals surface area contributed by atoms with Crippen molar-refractivity contribution in [2.24, 2.45) is 0 Å². The largest absolute Gasteiger partial charge is 0.459 e. The molecule has 2 amide bonds. The Balaban J connectivity index is 2.83. The van der Waals surface area contributed by atoms with E-state index in [1.807, 2.05) is 0 Å². The standard InChI is InChI=1S/C10H10N2O5S/c1-2-17-10(16)9(15)12-8(14)6-5(3-13)4-18-7(6)11/h3-4H,2,11H2,1H3,(H,12,14,15). The first-order valence-electron chi connectivity index (χ1n) is 4.85. The van der Waals surface area contributed by atoms with Gasteiger partial charge in [0.05, 0.1) is 17.2 Å². The molecule has 0 aliphatic carbocycles. The van der Waals surface area contributed by atoms with Crippen molar-refractivity contribution in [3.05, 3.63) is 16.5 Å². The van der Waals surface area contributed by atoms with Crippen LogP contribution in [0.2, 0.25) is 0 Å². The van der Waals surface area contributed by atoms with E-state index in [1.54, 1.807) is 5.32 Å². The molecule has 1 heterocycles. The van der Waals surface area contributed by atoms with Crippen LogP contribution < -0.4 is 11.1 Å². The van der Waals surface area contributed by atoms with E-state index in [9.17, 15) is 19.2 Å². The van der Waals surface area contributed by atoms with Gasteiger partial charge in [-0.05, 0) is 6.92 Å². The molecule has 0 aromatic carbocycles. The number of nitrogen functional groups attached to an aromatic ring is 1. The van der Waals surface area contributed by atoms with Crippen molar-refractivity contribution in [1.29, 1.82) is 0 Å². The number of carbonyl (C=O) groups is 4. The third-order valence-electron chi connectivity index (χ3n) is 1.89. The Morgan fingerprint density at radius 2 is 2.17 bits per heavy atom. The number of aldehydes is 1. The minimum atomic E-state index is -1.20. The number of amides is 2.